The number of carbonyl (C=O) groups excluding carboxylic acids is 1. The predicted octanol–water partition coefficient (Wildman–Crippen LogP) is 2.09. The third-order valence-corrected chi connectivity index (χ3v) is 3.60. The van der Waals surface area contributed by atoms with Crippen LogP contribution in [-0.4, -0.2) is 27.1 Å². The maximum Gasteiger partial charge on any atom is 0.269 e. The summed E-state index contributed by atoms with van der Waals surface area (Å²) >= 11 is 3.31. The Morgan fingerprint density at radius 2 is 2.06 bits per heavy atom. The molecule has 1 unspecified atom stereocenters. The zero-order valence-electron chi connectivity index (χ0n) is 9.01. The van der Waals surface area contributed by atoms with E-state index in [0.29, 0.717) is 6.54 Å². The van der Waals surface area contributed by atoms with Crippen molar-refractivity contribution in [2.24, 2.45) is 0 Å². The first-order chi connectivity index (χ1) is 8.08. The van der Waals surface area contributed by atoms with Crippen LogP contribution in [0.2, 0.25) is 0 Å². The summed E-state index contributed by atoms with van der Waals surface area (Å²) in [5.41, 5.74) is 0.977. The van der Waals surface area contributed by atoms with Crippen molar-refractivity contribution in [3.8, 4) is 0 Å². The lowest BCUT2D eigenvalue weighted by atomic mass is 10.2. The lowest BCUT2D eigenvalue weighted by Crippen LogP contribution is -2.26. The molecule has 2 rings (SSSR count). The van der Waals surface area contributed by atoms with E-state index in [0.717, 1.165) is 18.5 Å². The average Bonchev–Trinajstić information content (AvgIpc) is 2.62. The van der Waals surface area contributed by atoms with Crippen molar-refractivity contribution >= 4 is 27.5 Å². The second kappa shape index (κ2) is 4.83. The number of likely N-dealkylation sites (tertiary alicyclic amines) is 1. The highest BCUT2D eigenvalue weighted by Crippen LogP contribution is 2.21. The average molecular weight is 299 g/mol. The standard InChI is InChI=1S/C11H11BrN2O3/c12-10-5-6-13(11(10)15)7-8-1-3-9(4-2-8)14(16)17/h1-4,10H,5-7H2. The van der Waals surface area contributed by atoms with Gasteiger partial charge in [-0.1, -0.05) is 28.1 Å². The Morgan fingerprint density at radius 1 is 1.41 bits per heavy atom. The quantitative estimate of drug-likeness (QED) is 0.488. The maximum atomic E-state index is 11.7. The topological polar surface area (TPSA) is 63.5 Å². The van der Waals surface area contributed by atoms with Crippen molar-refractivity contribution in [3.63, 3.8) is 0 Å². The van der Waals surface area contributed by atoms with Crippen molar-refractivity contribution in [2.45, 2.75) is 17.8 Å². The lowest BCUT2D eigenvalue weighted by molar-refractivity contribution is -0.384. The maximum absolute atomic E-state index is 11.7. The molecule has 1 atom stereocenters. The smallest absolute Gasteiger partial charge is 0.269 e. The summed E-state index contributed by atoms with van der Waals surface area (Å²) in [5, 5.41) is 10.5. The molecule has 1 aliphatic rings. The Labute approximate surface area is 107 Å². The van der Waals surface area contributed by atoms with Gasteiger partial charge >= 0.3 is 0 Å². The third kappa shape index (κ3) is 2.63. The predicted molar refractivity (Wildman–Crippen MR) is 65.8 cm³/mol. The molecule has 0 aromatic heterocycles. The van der Waals surface area contributed by atoms with Crippen LogP contribution in [-0.2, 0) is 11.3 Å². The Morgan fingerprint density at radius 3 is 2.53 bits per heavy atom. The molecule has 6 heteroatoms. The van der Waals surface area contributed by atoms with Crippen molar-refractivity contribution in [1.82, 2.24) is 4.90 Å². The van der Waals surface area contributed by atoms with Crippen LogP contribution in [0, 0.1) is 10.1 Å². The number of nitrogens with zero attached hydrogens (tertiary/aromatic N) is 2. The molecule has 0 bridgehead atoms. The number of nitro benzene ring substituents is 1. The van der Waals surface area contributed by atoms with Gasteiger partial charge < -0.3 is 4.90 Å². The van der Waals surface area contributed by atoms with Crippen molar-refractivity contribution < 1.29 is 9.72 Å². The number of nitro groups is 1. The number of hydrogen-bond donors (Lipinski definition) is 0. The van der Waals surface area contributed by atoms with Gasteiger partial charge in [-0.3, -0.25) is 14.9 Å². The van der Waals surface area contributed by atoms with Crippen LogP contribution < -0.4 is 0 Å². The summed E-state index contributed by atoms with van der Waals surface area (Å²) < 4.78 is 0. The molecule has 1 heterocycles. The molecule has 1 saturated heterocycles. The summed E-state index contributed by atoms with van der Waals surface area (Å²) in [6.45, 7) is 1.24. The molecule has 5 nitrogen and oxygen atoms in total. The molecule has 0 saturated carbocycles. The van der Waals surface area contributed by atoms with Crippen LogP contribution in [0.1, 0.15) is 12.0 Å². The van der Waals surface area contributed by atoms with Gasteiger partial charge in [-0.05, 0) is 12.0 Å². The molecule has 0 spiro atoms. The zero-order valence-corrected chi connectivity index (χ0v) is 10.6. The Balaban J connectivity index is 2.04. The van der Waals surface area contributed by atoms with Crippen LogP contribution in [0.15, 0.2) is 24.3 Å². The number of rotatable bonds is 3. The minimum atomic E-state index is -0.431. The number of hydrogen-bond acceptors (Lipinski definition) is 3. The number of alkyl halides is 1. The van der Waals surface area contributed by atoms with Gasteiger partial charge in [0.05, 0.1) is 9.75 Å². The van der Waals surface area contributed by atoms with E-state index in [4.69, 9.17) is 0 Å². The second-order valence-electron chi connectivity index (χ2n) is 3.94. The largest absolute Gasteiger partial charge is 0.337 e. The molecule has 90 valence electrons. The molecule has 1 aromatic carbocycles. The van der Waals surface area contributed by atoms with Crippen molar-refractivity contribution in [3.05, 3.63) is 39.9 Å². The van der Waals surface area contributed by atoms with Crippen molar-refractivity contribution in [2.75, 3.05) is 6.54 Å². The summed E-state index contributed by atoms with van der Waals surface area (Å²) in [6.07, 6.45) is 0.811. The van der Waals surface area contributed by atoms with E-state index in [2.05, 4.69) is 15.9 Å². The van der Waals surface area contributed by atoms with Crippen LogP contribution in [0.25, 0.3) is 0 Å². The molecule has 1 fully saturated rings. The normalized spacial score (nSPS) is 19.7. The van der Waals surface area contributed by atoms with E-state index in [1.54, 1.807) is 17.0 Å². The lowest BCUT2D eigenvalue weighted by Gasteiger charge is -2.15. The minimum Gasteiger partial charge on any atom is -0.337 e. The van der Waals surface area contributed by atoms with Crippen LogP contribution in [0.3, 0.4) is 0 Å². The van der Waals surface area contributed by atoms with Gasteiger partial charge in [0, 0.05) is 25.2 Å². The van der Waals surface area contributed by atoms with E-state index in [1.165, 1.54) is 12.1 Å². The fraction of sp³-hybridized carbons (Fsp3) is 0.364. The van der Waals surface area contributed by atoms with Crippen LogP contribution in [0.5, 0.6) is 0 Å². The van der Waals surface area contributed by atoms with Crippen LogP contribution >= 0.6 is 15.9 Å². The SMILES string of the molecule is O=C1C(Br)CCN1Cc1ccc([N+](=O)[O-])cc1. The summed E-state index contributed by atoms with van der Waals surface area (Å²) in [6, 6.07) is 6.29. The van der Waals surface area contributed by atoms with Gasteiger partial charge in [0.15, 0.2) is 0 Å². The fourth-order valence-corrected chi connectivity index (χ4v) is 2.30. The van der Waals surface area contributed by atoms with Crippen molar-refractivity contribution in [1.29, 1.82) is 0 Å². The molecule has 0 radical (unpaired) electrons. The molecule has 17 heavy (non-hydrogen) atoms. The van der Waals surface area contributed by atoms with Gasteiger partial charge in [-0.2, -0.15) is 0 Å². The van der Waals surface area contributed by atoms with Gasteiger partial charge in [0.1, 0.15) is 0 Å². The highest BCUT2D eigenvalue weighted by molar-refractivity contribution is 9.10. The minimum absolute atomic E-state index is 0.0693. The second-order valence-corrected chi connectivity index (χ2v) is 5.04. The fourth-order valence-electron chi connectivity index (χ4n) is 1.80. The summed E-state index contributed by atoms with van der Waals surface area (Å²) in [7, 11) is 0. The van der Waals surface area contributed by atoms with E-state index >= 15 is 0 Å². The first-order valence-electron chi connectivity index (χ1n) is 5.24. The molecule has 0 aliphatic carbocycles. The Hall–Kier alpha value is -1.43. The van der Waals surface area contributed by atoms with E-state index < -0.39 is 4.92 Å². The molecular weight excluding hydrogens is 288 g/mol. The summed E-state index contributed by atoms with van der Waals surface area (Å²) in [5.74, 6) is 0.0864. The molecular formula is C11H11BrN2O3. The first kappa shape index (κ1) is 12.0. The van der Waals surface area contributed by atoms with Crippen LogP contribution in [0.4, 0.5) is 5.69 Å². The molecule has 1 aliphatic heterocycles. The number of benzene rings is 1. The molecule has 0 N–H and O–H groups in total. The number of carbonyl (C=O) groups is 1. The highest BCUT2D eigenvalue weighted by Gasteiger charge is 2.29. The first-order valence-corrected chi connectivity index (χ1v) is 6.15. The van der Waals surface area contributed by atoms with Gasteiger partial charge in [-0.25, -0.2) is 0 Å². The third-order valence-electron chi connectivity index (χ3n) is 2.75. The number of amides is 1. The number of non-ortho nitro benzene ring substituents is 1. The Kier molecular flexibility index (Phi) is 3.42. The van der Waals surface area contributed by atoms with Gasteiger partial charge in [-0.15, -0.1) is 0 Å². The van der Waals surface area contributed by atoms with E-state index in [1.807, 2.05) is 0 Å². The Bertz CT molecular complexity index is 447. The van der Waals surface area contributed by atoms with Gasteiger partial charge in [0.2, 0.25) is 5.91 Å². The van der Waals surface area contributed by atoms with E-state index in [9.17, 15) is 14.9 Å². The van der Waals surface area contributed by atoms with Gasteiger partial charge in [0.25, 0.3) is 5.69 Å². The monoisotopic (exact) mass is 298 g/mol. The molecule has 1 aromatic rings. The number of halogens is 1. The zero-order chi connectivity index (χ0) is 12.4. The van der Waals surface area contributed by atoms with E-state index in [-0.39, 0.29) is 16.4 Å². The highest BCUT2D eigenvalue weighted by atomic mass is 79.9. The molecule has 1 amide bonds. The summed E-state index contributed by atoms with van der Waals surface area (Å²) in [4.78, 5) is 23.4.